The molecule has 4 aromatic heterocycles. The van der Waals surface area contributed by atoms with Gasteiger partial charge >= 0.3 is 5.97 Å². The zero-order valence-corrected chi connectivity index (χ0v) is 24.8. The molecule has 0 spiro atoms. The van der Waals surface area contributed by atoms with Crippen molar-refractivity contribution < 1.29 is 9.53 Å². The van der Waals surface area contributed by atoms with Crippen LogP contribution < -0.4 is 5.32 Å². The Balaban J connectivity index is 1.21. The quantitative estimate of drug-likeness (QED) is 0.244. The first-order valence-electron chi connectivity index (χ1n) is 14.6. The van der Waals surface area contributed by atoms with Crippen LogP contribution >= 0.6 is 0 Å². The third-order valence-electron chi connectivity index (χ3n) is 7.57. The van der Waals surface area contributed by atoms with E-state index >= 15 is 0 Å². The van der Waals surface area contributed by atoms with Gasteiger partial charge in [-0.2, -0.15) is 9.90 Å². The molecule has 12 nitrogen and oxygen atoms in total. The van der Waals surface area contributed by atoms with E-state index in [-0.39, 0.29) is 12.0 Å². The first kappa shape index (κ1) is 27.8. The summed E-state index contributed by atoms with van der Waals surface area (Å²) < 4.78 is 7.40. The van der Waals surface area contributed by atoms with Crippen LogP contribution in [0.25, 0.3) is 27.8 Å². The van der Waals surface area contributed by atoms with Crippen LogP contribution in [-0.2, 0) is 16.1 Å². The van der Waals surface area contributed by atoms with E-state index in [0.29, 0.717) is 18.2 Å². The molecule has 5 aromatic rings. The van der Waals surface area contributed by atoms with E-state index in [1.54, 1.807) is 11.1 Å². The number of anilines is 2. The molecule has 0 bridgehead atoms. The zero-order chi connectivity index (χ0) is 29.4. The third kappa shape index (κ3) is 5.98. The monoisotopic (exact) mass is 570 g/mol. The number of likely N-dealkylation sites (tertiary alicyclic amines) is 1. The molecule has 1 aliphatic rings. The van der Waals surface area contributed by atoms with E-state index < -0.39 is 5.60 Å². The number of aromatic amines is 1. The number of piperidine rings is 1. The first-order valence-corrected chi connectivity index (χ1v) is 14.6. The number of H-pyrrole nitrogens is 1. The van der Waals surface area contributed by atoms with Crippen molar-refractivity contribution in [1.29, 1.82) is 0 Å². The molecule has 1 aliphatic heterocycles. The molecule has 0 radical (unpaired) electrons. The number of tetrazole rings is 1. The summed E-state index contributed by atoms with van der Waals surface area (Å²) in [4.78, 5) is 24.4. The number of rotatable bonds is 8. The highest BCUT2D eigenvalue weighted by molar-refractivity contribution is 5.97. The Morgan fingerprint density at radius 2 is 2.00 bits per heavy atom. The largest absolute Gasteiger partial charge is 0.460 e. The van der Waals surface area contributed by atoms with Gasteiger partial charge in [-0.15, -0.1) is 10.2 Å². The average molecular weight is 571 g/mol. The fourth-order valence-corrected chi connectivity index (χ4v) is 5.53. The van der Waals surface area contributed by atoms with E-state index in [1.807, 2.05) is 63.7 Å². The maximum atomic E-state index is 12.3. The van der Waals surface area contributed by atoms with E-state index in [1.165, 1.54) is 0 Å². The molecular formula is C30H38N10O2. The fourth-order valence-electron chi connectivity index (χ4n) is 5.53. The van der Waals surface area contributed by atoms with Gasteiger partial charge in [0.05, 0.1) is 17.2 Å². The Bertz CT molecular complexity index is 1700. The highest BCUT2D eigenvalue weighted by Gasteiger charge is 2.25. The zero-order valence-electron chi connectivity index (χ0n) is 24.8. The van der Waals surface area contributed by atoms with Crippen molar-refractivity contribution in [3.63, 3.8) is 0 Å². The number of esters is 1. The van der Waals surface area contributed by atoms with E-state index in [2.05, 4.69) is 52.8 Å². The van der Waals surface area contributed by atoms with Crippen molar-refractivity contribution in [3.8, 4) is 11.4 Å². The number of ether oxygens (including phenoxy) is 1. The Morgan fingerprint density at radius 1 is 1.19 bits per heavy atom. The smallest absolute Gasteiger partial charge is 0.306 e. The number of hydrogen-bond donors (Lipinski definition) is 2. The molecule has 2 N–H and O–H groups in total. The van der Waals surface area contributed by atoms with Gasteiger partial charge in [0.2, 0.25) is 5.82 Å². The highest BCUT2D eigenvalue weighted by Crippen LogP contribution is 2.33. The van der Waals surface area contributed by atoms with Crippen molar-refractivity contribution >= 4 is 33.9 Å². The summed E-state index contributed by atoms with van der Waals surface area (Å²) in [5.41, 5.74) is 4.33. The molecule has 0 amide bonds. The molecule has 0 saturated carbocycles. The molecular weight excluding hydrogens is 532 g/mol. The van der Waals surface area contributed by atoms with Gasteiger partial charge in [-0.3, -0.25) is 9.69 Å². The van der Waals surface area contributed by atoms with Gasteiger partial charge in [0, 0.05) is 36.3 Å². The Morgan fingerprint density at radius 3 is 2.74 bits per heavy atom. The van der Waals surface area contributed by atoms with Crippen LogP contribution in [0.15, 0.2) is 43.0 Å². The number of benzene rings is 1. The van der Waals surface area contributed by atoms with Crippen LogP contribution in [0.3, 0.4) is 0 Å². The lowest BCUT2D eigenvalue weighted by Gasteiger charge is -2.32. The molecule has 42 heavy (non-hydrogen) atoms. The normalized spacial score (nSPS) is 15.2. The molecule has 1 aromatic carbocycles. The number of fused-ring (bicyclic) bond motifs is 2. The summed E-state index contributed by atoms with van der Waals surface area (Å²) >= 11 is 0. The topological polar surface area (TPSA) is 131 Å². The van der Waals surface area contributed by atoms with Crippen LogP contribution in [0.1, 0.15) is 65.5 Å². The fraction of sp³-hybridized carbons (Fsp3) is 0.467. The van der Waals surface area contributed by atoms with Crippen molar-refractivity contribution in [2.75, 3.05) is 18.4 Å². The van der Waals surface area contributed by atoms with E-state index in [0.717, 1.165) is 71.5 Å². The van der Waals surface area contributed by atoms with Crippen molar-refractivity contribution in [2.24, 2.45) is 5.92 Å². The number of nitrogens with zero attached hydrogens (tertiary/aromatic N) is 8. The van der Waals surface area contributed by atoms with Crippen LogP contribution in [0.5, 0.6) is 0 Å². The van der Waals surface area contributed by atoms with Crippen LogP contribution in [0.2, 0.25) is 0 Å². The highest BCUT2D eigenvalue weighted by atomic mass is 16.6. The number of carbonyl (C=O) groups is 1. The van der Waals surface area contributed by atoms with Crippen molar-refractivity contribution in [1.82, 2.24) is 44.7 Å². The summed E-state index contributed by atoms with van der Waals surface area (Å²) in [5, 5.41) is 22.1. The van der Waals surface area contributed by atoms with Crippen LogP contribution in [0, 0.1) is 5.92 Å². The molecule has 1 fully saturated rings. The Labute approximate surface area is 244 Å². The molecule has 0 aliphatic carbocycles. The van der Waals surface area contributed by atoms with Gasteiger partial charge in [-0.1, -0.05) is 0 Å². The van der Waals surface area contributed by atoms with Gasteiger partial charge < -0.3 is 15.0 Å². The Kier molecular flexibility index (Phi) is 7.40. The SMILES string of the molecule is CC(C)n1nnc(-c2cc(Nc3ncnn4ccc(CN5CCC(CC(=O)OC(C)(C)C)CC5)c34)c3[nH]ccc3c2)n1. The molecule has 220 valence electrons. The predicted octanol–water partition coefficient (Wildman–Crippen LogP) is 5.13. The second-order valence-corrected chi connectivity index (χ2v) is 12.4. The summed E-state index contributed by atoms with van der Waals surface area (Å²) in [5.74, 6) is 1.54. The van der Waals surface area contributed by atoms with Crippen molar-refractivity contribution in [2.45, 2.75) is 72.1 Å². The van der Waals surface area contributed by atoms with Gasteiger partial charge in [0.25, 0.3) is 0 Å². The summed E-state index contributed by atoms with van der Waals surface area (Å²) in [6.07, 6.45) is 7.88. The molecule has 6 rings (SSSR count). The summed E-state index contributed by atoms with van der Waals surface area (Å²) in [7, 11) is 0. The molecule has 0 unspecified atom stereocenters. The summed E-state index contributed by atoms with van der Waals surface area (Å²) in [6.45, 7) is 12.4. The average Bonchev–Trinajstić information content (AvgIpc) is 3.69. The molecule has 12 heteroatoms. The first-order chi connectivity index (χ1) is 20.1. The van der Waals surface area contributed by atoms with E-state index in [9.17, 15) is 4.79 Å². The predicted molar refractivity (Wildman–Crippen MR) is 160 cm³/mol. The van der Waals surface area contributed by atoms with Gasteiger partial charge in [-0.25, -0.2) is 9.50 Å². The Hall–Kier alpha value is -4.32. The standard InChI is InChI=1S/C30H38N10O2/c1-19(2)40-36-28(35-37-40)23-15-21-6-10-31-26(21)24(16-23)34-29-27-22(9-13-39(27)33-18-32-29)17-38-11-7-20(8-12-38)14-25(41)42-30(3,4)5/h6,9-10,13,15-16,18-20,31H,7-8,11-12,14,17H2,1-5H3,(H,32,33,34). The molecule has 0 atom stereocenters. The minimum Gasteiger partial charge on any atom is -0.460 e. The van der Waals surface area contributed by atoms with E-state index in [4.69, 9.17) is 4.74 Å². The summed E-state index contributed by atoms with van der Waals surface area (Å²) in [6, 6.07) is 8.34. The minimum atomic E-state index is -0.444. The lowest BCUT2D eigenvalue weighted by Crippen LogP contribution is -2.34. The van der Waals surface area contributed by atoms with Crippen LogP contribution in [-0.4, -0.2) is 69.3 Å². The minimum absolute atomic E-state index is 0.104. The molecule has 5 heterocycles. The number of carbonyl (C=O) groups excluding carboxylic acids is 1. The maximum Gasteiger partial charge on any atom is 0.306 e. The number of nitrogens with one attached hydrogen (secondary N) is 2. The van der Waals surface area contributed by atoms with Gasteiger partial charge in [0.1, 0.15) is 17.4 Å². The number of aromatic nitrogens is 8. The van der Waals surface area contributed by atoms with Crippen molar-refractivity contribution in [3.05, 3.63) is 48.5 Å². The number of hydrogen-bond acceptors (Lipinski definition) is 9. The molecule has 1 saturated heterocycles. The second-order valence-electron chi connectivity index (χ2n) is 12.4. The van der Waals surface area contributed by atoms with Crippen LogP contribution in [0.4, 0.5) is 11.5 Å². The lowest BCUT2D eigenvalue weighted by molar-refractivity contribution is -0.156. The lowest BCUT2D eigenvalue weighted by atomic mass is 9.93. The second kappa shape index (κ2) is 11.2. The van der Waals surface area contributed by atoms with Gasteiger partial charge in [-0.05, 0) is 102 Å². The van der Waals surface area contributed by atoms with Gasteiger partial charge in [0.15, 0.2) is 5.82 Å². The maximum absolute atomic E-state index is 12.3. The third-order valence-corrected chi connectivity index (χ3v) is 7.57.